The van der Waals surface area contributed by atoms with Crippen LogP contribution < -0.4 is 5.73 Å². The standard InChI is InChI=1S/C17H33NO/c1-4-5-15(10-11-18)7-9-17(19)16-8-6-13(2)14(3)12-16/h13-16H,4-12,18H2,1-3H3. The maximum Gasteiger partial charge on any atom is 0.135 e. The summed E-state index contributed by atoms with van der Waals surface area (Å²) < 4.78 is 0. The molecule has 2 nitrogen and oxygen atoms in total. The lowest BCUT2D eigenvalue weighted by Crippen LogP contribution is -2.26. The van der Waals surface area contributed by atoms with Gasteiger partial charge in [-0.1, -0.05) is 33.6 Å². The molecule has 1 aliphatic carbocycles. The van der Waals surface area contributed by atoms with Gasteiger partial charge in [-0.25, -0.2) is 0 Å². The van der Waals surface area contributed by atoms with Crippen LogP contribution in [0.4, 0.5) is 0 Å². The number of Topliss-reactive ketones (excluding diaryl/α,β-unsaturated/α-hetero) is 1. The summed E-state index contributed by atoms with van der Waals surface area (Å²) >= 11 is 0. The van der Waals surface area contributed by atoms with Gasteiger partial charge >= 0.3 is 0 Å². The second-order valence-electron chi connectivity index (χ2n) is 6.70. The molecule has 19 heavy (non-hydrogen) atoms. The van der Waals surface area contributed by atoms with Crippen LogP contribution in [0.2, 0.25) is 0 Å². The Morgan fingerprint density at radius 2 is 1.89 bits per heavy atom. The Kier molecular flexibility index (Phi) is 7.67. The molecule has 1 rings (SSSR count). The Labute approximate surface area is 119 Å². The van der Waals surface area contributed by atoms with Crippen molar-refractivity contribution < 1.29 is 4.79 Å². The zero-order chi connectivity index (χ0) is 14.3. The van der Waals surface area contributed by atoms with Crippen LogP contribution >= 0.6 is 0 Å². The molecule has 2 heteroatoms. The molecule has 0 spiro atoms. The largest absolute Gasteiger partial charge is 0.330 e. The summed E-state index contributed by atoms with van der Waals surface area (Å²) in [6, 6.07) is 0. The van der Waals surface area contributed by atoms with E-state index in [4.69, 9.17) is 5.73 Å². The molecule has 4 atom stereocenters. The van der Waals surface area contributed by atoms with E-state index in [1.54, 1.807) is 0 Å². The van der Waals surface area contributed by atoms with Gasteiger partial charge in [0.1, 0.15) is 5.78 Å². The molecule has 0 saturated heterocycles. The van der Waals surface area contributed by atoms with Crippen LogP contribution in [0.3, 0.4) is 0 Å². The van der Waals surface area contributed by atoms with Crippen molar-refractivity contribution in [1.82, 2.24) is 0 Å². The summed E-state index contributed by atoms with van der Waals surface area (Å²) in [6.07, 6.45) is 8.84. The van der Waals surface area contributed by atoms with Gasteiger partial charge in [0.05, 0.1) is 0 Å². The molecule has 112 valence electrons. The Bertz CT molecular complexity index is 258. The summed E-state index contributed by atoms with van der Waals surface area (Å²) in [5, 5.41) is 0. The maximum atomic E-state index is 12.3. The van der Waals surface area contributed by atoms with E-state index in [1.807, 2.05) is 0 Å². The minimum atomic E-state index is 0.353. The average molecular weight is 267 g/mol. The van der Waals surface area contributed by atoms with Crippen molar-refractivity contribution in [2.75, 3.05) is 6.54 Å². The van der Waals surface area contributed by atoms with E-state index >= 15 is 0 Å². The van der Waals surface area contributed by atoms with E-state index in [1.165, 1.54) is 19.3 Å². The van der Waals surface area contributed by atoms with Crippen molar-refractivity contribution in [3.63, 3.8) is 0 Å². The van der Waals surface area contributed by atoms with Crippen molar-refractivity contribution in [3.05, 3.63) is 0 Å². The number of nitrogens with two attached hydrogens (primary N) is 1. The lowest BCUT2D eigenvalue weighted by Gasteiger charge is -2.31. The Morgan fingerprint density at radius 1 is 1.16 bits per heavy atom. The third kappa shape index (κ3) is 5.64. The van der Waals surface area contributed by atoms with Gasteiger partial charge in [-0.05, 0) is 56.4 Å². The number of carbonyl (C=O) groups excluding carboxylic acids is 1. The van der Waals surface area contributed by atoms with Gasteiger partial charge in [0.25, 0.3) is 0 Å². The van der Waals surface area contributed by atoms with Gasteiger partial charge in [0.15, 0.2) is 0 Å². The smallest absolute Gasteiger partial charge is 0.135 e. The SMILES string of the molecule is CCCC(CCN)CCC(=O)C1CCC(C)C(C)C1. The van der Waals surface area contributed by atoms with Crippen LogP contribution in [0.25, 0.3) is 0 Å². The van der Waals surface area contributed by atoms with Crippen molar-refractivity contribution in [2.45, 2.75) is 72.1 Å². The minimum absolute atomic E-state index is 0.353. The molecule has 1 saturated carbocycles. The molecular formula is C17H33NO. The van der Waals surface area contributed by atoms with Crippen LogP contribution in [0.1, 0.15) is 72.1 Å². The van der Waals surface area contributed by atoms with Crippen LogP contribution in [-0.4, -0.2) is 12.3 Å². The molecule has 1 aliphatic rings. The molecular weight excluding hydrogens is 234 g/mol. The number of rotatable bonds is 8. The highest BCUT2D eigenvalue weighted by Gasteiger charge is 2.28. The van der Waals surface area contributed by atoms with Crippen molar-refractivity contribution in [1.29, 1.82) is 0 Å². The molecule has 2 N–H and O–H groups in total. The van der Waals surface area contributed by atoms with Crippen LogP contribution in [0, 0.1) is 23.7 Å². The van der Waals surface area contributed by atoms with Gasteiger partial charge in [0, 0.05) is 12.3 Å². The molecule has 0 radical (unpaired) electrons. The highest BCUT2D eigenvalue weighted by molar-refractivity contribution is 5.81. The summed E-state index contributed by atoms with van der Waals surface area (Å²) in [7, 11) is 0. The third-order valence-electron chi connectivity index (χ3n) is 5.12. The molecule has 0 amide bonds. The molecule has 0 heterocycles. The van der Waals surface area contributed by atoms with E-state index in [0.717, 1.165) is 50.5 Å². The number of hydrogen-bond donors (Lipinski definition) is 1. The quantitative estimate of drug-likeness (QED) is 0.717. The van der Waals surface area contributed by atoms with E-state index in [2.05, 4.69) is 20.8 Å². The first-order valence-corrected chi connectivity index (χ1v) is 8.31. The fourth-order valence-electron chi connectivity index (χ4n) is 3.47. The Morgan fingerprint density at radius 3 is 2.47 bits per heavy atom. The lowest BCUT2D eigenvalue weighted by molar-refractivity contribution is -0.125. The summed E-state index contributed by atoms with van der Waals surface area (Å²) in [6.45, 7) is 7.61. The number of carbonyl (C=O) groups is 1. The Balaban J connectivity index is 2.33. The number of hydrogen-bond acceptors (Lipinski definition) is 2. The van der Waals surface area contributed by atoms with Gasteiger partial charge in [0.2, 0.25) is 0 Å². The molecule has 0 aromatic heterocycles. The van der Waals surface area contributed by atoms with Gasteiger partial charge in [-0.3, -0.25) is 4.79 Å². The monoisotopic (exact) mass is 267 g/mol. The summed E-state index contributed by atoms with van der Waals surface area (Å²) in [5.41, 5.74) is 5.66. The topological polar surface area (TPSA) is 43.1 Å². The molecule has 4 unspecified atom stereocenters. The molecule has 0 aromatic rings. The van der Waals surface area contributed by atoms with Crippen molar-refractivity contribution >= 4 is 5.78 Å². The van der Waals surface area contributed by atoms with Crippen molar-refractivity contribution in [2.24, 2.45) is 29.4 Å². The summed E-state index contributed by atoms with van der Waals surface area (Å²) in [4.78, 5) is 12.3. The van der Waals surface area contributed by atoms with E-state index < -0.39 is 0 Å². The molecule has 0 bridgehead atoms. The van der Waals surface area contributed by atoms with Crippen LogP contribution in [0.5, 0.6) is 0 Å². The molecule has 1 fully saturated rings. The van der Waals surface area contributed by atoms with Crippen LogP contribution in [-0.2, 0) is 4.79 Å². The predicted octanol–water partition coefficient (Wildman–Crippen LogP) is 4.17. The van der Waals surface area contributed by atoms with Gasteiger partial charge < -0.3 is 5.73 Å². The second kappa shape index (κ2) is 8.73. The highest BCUT2D eigenvalue weighted by atomic mass is 16.1. The first kappa shape index (κ1) is 16.7. The van der Waals surface area contributed by atoms with Crippen LogP contribution in [0.15, 0.2) is 0 Å². The summed E-state index contributed by atoms with van der Waals surface area (Å²) in [5.74, 6) is 3.06. The Hall–Kier alpha value is -0.370. The third-order valence-corrected chi connectivity index (χ3v) is 5.12. The molecule has 0 aliphatic heterocycles. The first-order chi connectivity index (χ1) is 9.08. The fraction of sp³-hybridized carbons (Fsp3) is 0.941. The fourth-order valence-corrected chi connectivity index (χ4v) is 3.47. The van der Waals surface area contributed by atoms with E-state index in [0.29, 0.717) is 17.6 Å². The highest BCUT2D eigenvalue weighted by Crippen LogP contribution is 2.34. The zero-order valence-electron chi connectivity index (χ0n) is 13.2. The van der Waals surface area contributed by atoms with E-state index in [9.17, 15) is 4.79 Å². The zero-order valence-corrected chi connectivity index (χ0v) is 13.2. The lowest BCUT2D eigenvalue weighted by atomic mass is 9.73. The second-order valence-corrected chi connectivity index (χ2v) is 6.70. The molecule has 0 aromatic carbocycles. The van der Waals surface area contributed by atoms with Gasteiger partial charge in [-0.15, -0.1) is 0 Å². The van der Waals surface area contributed by atoms with Gasteiger partial charge in [-0.2, -0.15) is 0 Å². The maximum absolute atomic E-state index is 12.3. The van der Waals surface area contributed by atoms with E-state index in [-0.39, 0.29) is 0 Å². The number of ketones is 1. The average Bonchev–Trinajstić information content (AvgIpc) is 2.39. The normalized spacial score (nSPS) is 29.2. The van der Waals surface area contributed by atoms with Crippen molar-refractivity contribution in [3.8, 4) is 0 Å². The predicted molar refractivity (Wildman–Crippen MR) is 82.0 cm³/mol. The minimum Gasteiger partial charge on any atom is -0.330 e. The first-order valence-electron chi connectivity index (χ1n) is 8.31.